The van der Waals surface area contributed by atoms with Gasteiger partial charge in [0.15, 0.2) is 5.69 Å². The number of fused-ring (bicyclic) bond motifs is 1. The highest BCUT2D eigenvalue weighted by Crippen LogP contribution is 2.21. The maximum atomic E-state index is 12.1. The Kier molecular flexibility index (Phi) is 4.88. The van der Waals surface area contributed by atoms with Crippen molar-refractivity contribution in [1.82, 2.24) is 15.6 Å². The van der Waals surface area contributed by atoms with Crippen LogP contribution >= 0.6 is 11.6 Å². The number of hydrogen-bond donors (Lipinski definition) is 2. The van der Waals surface area contributed by atoms with Crippen molar-refractivity contribution in [2.75, 3.05) is 0 Å². The molecule has 2 aromatic rings. The van der Waals surface area contributed by atoms with Gasteiger partial charge in [-0.1, -0.05) is 41.9 Å². The molecule has 0 unspecified atom stereocenters. The van der Waals surface area contributed by atoms with Crippen molar-refractivity contribution in [3.63, 3.8) is 0 Å². The molecule has 0 spiro atoms. The predicted octanol–water partition coefficient (Wildman–Crippen LogP) is 3.28. The summed E-state index contributed by atoms with van der Waals surface area (Å²) in [6, 6.07) is 9.66. The lowest BCUT2D eigenvalue weighted by Crippen LogP contribution is -2.20. The number of allylic oxidation sites excluding steroid dienone is 1. The van der Waals surface area contributed by atoms with Gasteiger partial charge < -0.3 is 0 Å². The van der Waals surface area contributed by atoms with Gasteiger partial charge in [0.05, 0.1) is 11.2 Å². The summed E-state index contributed by atoms with van der Waals surface area (Å²) in [7, 11) is 0. The highest BCUT2D eigenvalue weighted by atomic mass is 35.5. The number of aromatic nitrogens is 2. The van der Waals surface area contributed by atoms with Crippen LogP contribution in [0.3, 0.4) is 0 Å². The van der Waals surface area contributed by atoms with Crippen LogP contribution in [-0.2, 0) is 12.8 Å². The summed E-state index contributed by atoms with van der Waals surface area (Å²) in [6.45, 7) is 0. The molecular formula is C17H17ClN4O. The van der Waals surface area contributed by atoms with E-state index in [1.165, 1.54) is 6.21 Å². The van der Waals surface area contributed by atoms with Crippen molar-refractivity contribution in [3.05, 3.63) is 57.9 Å². The molecule has 23 heavy (non-hydrogen) atoms. The fourth-order valence-electron chi connectivity index (χ4n) is 2.62. The van der Waals surface area contributed by atoms with Crippen LogP contribution < -0.4 is 5.43 Å². The number of nitrogens with zero attached hydrogens (tertiary/aromatic N) is 2. The molecule has 0 saturated heterocycles. The predicted molar refractivity (Wildman–Crippen MR) is 91.5 cm³/mol. The largest absolute Gasteiger partial charge is 0.292 e. The van der Waals surface area contributed by atoms with E-state index in [4.69, 9.17) is 11.6 Å². The molecule has 1 aliphatic carbocycles. The van der Waals surface area contributed by atoms with E-state index in [-0.39, 0.29) is 5.91 Å². The second-order valence-electron chi connectivity index (χ2n) is 5.38. The van der Waals surface area contributed by atoms with Crippen LogP contribution in [0.25, 0.3) is 6.08 Å². The van der Waals surface area contributed by atoms with Crippen LogP contribution in [0.1, 0.15) is 40.2 Å². The zero-order valence-electron chi connectivity index (χ0n) is 12.6. The second-order valence-corrected chi connectivity index (χ2v) is 5.81. The molecular weight excluding hydrogens is 312 g/mol. The number of hydrogen-bond acceptors (Lipinski definition) is 3. The summed E-state index contributed by atoms with van der Waals surface area (Å²) >= 11 is 6.08. The third-order valence-corrected chi connectivity index (χ3v) is 3.94. The molecule has 1 aromatic heterocycles. The van der Waals surface area contributed by atoms with Crippen molar-refractivity contribution in [3.8, 4) is 0 Å². The molecule has 0 aliphatic heterocycles. The van der Waals surface area contributed by atoms with Crippen molar-refractivity contribution in [2.45, 2.75) is 25.7 Å². The molecule has 0 radical (unpaired) electrons. The summed E-state index contributed by atoms with van der Waals surface area (Å²) in [6.07, 6.45) is 7.23. The number of benzene rings is 1. The Balaban J connectivity index is 1.63. The Bertz CT molecular complexity index is 749. The molecule has 0 saturated carbocycles. The van der Waals surface area contributed by atoms with Crippen LogP contribution in [0.5, 0.6) is 0 Å². The van der Waals surface area contributed by atoms with Gasteiger partial charge in [-0.15, -0.1) is 0 Å². The van der Waals surface area contributed by atoms with Gasteiger partial charge in [-0.25, -0.2) is 5.43 Å². The Hall–Kier alpha value is -2.40. The van der Waals surface area contributed by atoms with Gasteiger partial charge in [0.1, 0.15) is 0 Å². The number of amides is 1. The van der Waals surface area contributed by atoms with Gasteiger partial charge in [-0.3, -0.25) is 9.89 Å². The maximum Gasteiger partial charge on any atom is 0.292 e. The number of hydrazone groups is 1. The number of carbonyl (C=O) groups is 1. The highest BCUT2D eigenvalue weighted by Gasteiger charge is 2.21. The van der Waals surface area contributed by atoms with E-state index in [9.17, 15) is 4.79 Å². The number of aryl methyl sites for hydroxylation is 1. The number of carbonyl (C=O) groups excluding carboxylic acids is 1. The molecule has 6 heteroatoms. The Morgan fingerprint density at radius 3 is 2.87 bits per heavy atom. The Morgan fingerprint density at radius 1 is 1.26 bits per heavy atom. The highest BCUT2D eigenvalue weighted by molar-refractivity contribution is 6.41. The van der Waals surface area contributed by atoms with Crippen molar-refractivity contribution < 1.29 is 4.79 Å². The number of nitrogens with one attached hydrogen (secondary N) is 2. The summed E-state index contributed by atoms with van der Waals surface area (Å²) < 4.78 is 0. The Labute approximate surface area is 139 Å². The van der Waals surface area contributed by atoms with E-state index in [0.29, 0.717) is 10.7 Å². The zero-order valence-corrected chi connectivity index (χ0v) is 13.3. The summed E-state index contributed by atoms with van der Waals surface area (Å²) in [5.41, 5.74) is 5.95. The molecule has 1 aliphatic rings. The SMILES string of the molecule is O=C(NN=C/C(Cl)=C/c1ccccc1)c1n[nH]c2c1CCCC2. The van der Waals surface area contributed by atoms with E-state index in [1.807, 2.05) is 30.3 Å². The number of rotatable bonds is 4. The normalized spacial score (nSPS) is 14.7. The van der Waals surface area contributed by atoms with Crippen LogP contribution in [-0.4, -0.2) is 22.3 Å². The zero-order chi connectivity index (χ0) is 16.1. The van der Waals surface area contributed by atoms with E-state index in [1.54, 1.807) is 6.08 Å². The lowest BCUT2D eigenvalue weighted by atomic mass is 9.96. The fourth-order valence-corrected chi connectivity index (χ4v) is 2.79. The number of halogens is 1. The van der Waals surface area contributed by atoms with Crippen LogP contribution in [0.4, 0.5) is 0 Å². The molecule has 5 nitrogen and oxygen atoms in total. The van der Waals surface area contributed by atoms with E-state index in [0.717, 1.165) is 42.5 Å². The minimum absolute atomic E-state index is 0.315. The lowest BCUT2D eigenvalue weighted by molar-refractivity contribution is 0.0949. The summed E-state index contributed by atoms with van der Waals surface area (Å²) in [5, 5.41) is 11.4. The van der Waals surface area contributed by atoms with Gasteiger partial charge in [0.2, 0.25) is 0 Å². The van der Waals surface area contributed by atoms with Crippen molar-refractivity contribution >= 4 is 29.8 Å². The van der Waals surface area contributed by atoms with Gasteiger partial charge in [-0.05, 0) is 37.3 Å². The van der Waals surface area contributed by atoms with Crippen LogP contribution in [0, 0.1) is 0 Å². The standard InChI is InChI=1S/C17H17ClN4O/c18-13(10-12-6-2-1-3-7-12)11-19-22-17(23)16-14-8-4-5-9-15(14)20-21-16/h1-3,6-7,10-11H,4-5,8-9H2,(H,20,21)(H,22,23)/b13-10-,19-11?. The van der Waals surface area contributed by atoms with Gasteiger partial charge >= 0.3 is 0 Å². The van der Waals surface area contributed by atoms with Gasteiger partial charge in [0.25, 0.3) is 5.91 Å². The van der Waals surface area contributed by atoms with E-state index >= 15 is 0 Å². The quantitative estimate of drug-likeness (QED) is 0.668. The van der Waals surface area contributed by atoms with Gasteiger partial charge in [0, 0.05) is 11.3 Å². The topological polar surface area (TPSA) is 70.1 Å². The molecule has 2 N–H and O–H groups in total. The molecule has 0 fully saturated rings. The fraction of sp³-hybridized carbons (Fsp3) is 0.235. The van der Waals surface area contributed by atoms with E-state index < -0.39 is 0 Å². The third-order valence-electron chi connectivity index (χ3n) is 3.73. The first-order valence-corrected chi connectivity index (χ1v) is 7.93. The van der Waals surface area contributed by atoms with Gasteiger partial charge in [-0.2, -0.15) is 10.2 Å². The molecule has 0 atom stereocenters. The van der Waals surface area contributed by atoms with Crippen LogP contribution in [0.2, 0.25) is 0 Å². The van der Waals surface area contributed by atoms with Crippen molar-refractivity contribution in [2.24, 2.45) is 5.10 Å². The molecule has 3 rings (SSSR count). The van der Waals surface area contributed by atoms with E-state index in [2.05, 4.69) is 20.7 Å². The minimum Gasteiger partial charge on any atom is -0.281 e. The lowest BCUT2D eigenvalue weighted by Gasteiger charge is -2.10. The molecule has 1 amide bonds. The van der Waals surface area contributed by atoms with Crippen LogP contribution in [0.15, 0.2) is 40.5 Å². The number of aromatic amines is 1. The molecule has 1 aromatic carbocycles. The average Bonchev–Trinajstić information content (AvgIpc) is 3.00. The first kappa shape index (κ1) is 15.5. The monoisotopic (exact) mass is 328 g/mol. The molecule has 0 bridgehead atoms. The molecule has 118 valence electrons. The maximum absolute atomic E-state index is 12.1. The third kappa shape index (κ3) is 3.87. The summed E-state index contributed by atoms with van der Waals surface area (Å²) in [5.74, 6) is -0.315. The van der Waals surface area contributed by atoms with Crippen molar-refractivity contribution in [1.29, 1.82) is 0 Å². The smallest absolute Gasteiger partial charge is 0.281 e. The second kappa shape index (κ2) is 7.24. The molecule has 1 heterocycles. The average molecular weight is 329 g/mol. The summed E-state index contributed by atoms with van der Waals surface area (Å²) in [4.78, 5) is 12.1. The minimum atomic E-state index is -0.315. The number of H-pyrrole nitrogens is 1. The first-order valence-electron chi connectivity index (χ1n) is 7.56. The Morgan fingerprint density at radius 2 is 2.04 bits per heavy atom. The first-order chi connectivity index (χ1) is 11.2.